The Hall–Kier alpha value is -3.10. The van der Waals surface area contributed by atoms with Crippen molar-refractivity contribution in [1.29, 1.82) is 0 Å². The van der Waals surface area contributed by atoms with Crippen molar-refractivity contribution in [2.45, 2.75) is 156 Å². The van der Waals surface area contributed by atoms with Gasteiger partial charge >= 0.3 is 0 Å². The van der Waals surface area contributed by atoms with Crippen LogP contribution in [-0.4, -0.2) is 14.2 Å². The number of thiophene rings is 8. The number of methoxy groups -OCH3 is 2. The van der Waals surface area contributed by atoms with E-state index in [1.807, 2.05) is 68.0 Å². The molecule has 0 aliphatic heterocycles. The highest BCUT2D eigenvalue weighted by molar-refractivity contribution is 9.10. The molecule has 0 N–H and O–H groups in total. The maximum Gasteiger partial charge on any atom is 0.174 e. The third-order valence-corrected chi connectivity index (χ3v) is 24.7. The highest BCUT2D eigenvalue weighted by Gasteiger charge is 2.22. The predicted octanol–water partition coefficient (Wildman–Crippen LogP) is 24.8. The van der Waals surface area contributed by atoms with Gasteiger partial charge in [-0.05, 0) is 176 Å². The molecule has 1 aromatic carbocycles. The largest absolute Gasteiger partial charge is 0.487 e. The number of hydrogen-bond acceptors (Lipinski definition) is 10. The summed E-state index contributed by atoms with van der Waals surface area (Å²) in [5, 5.41) is 2.03. The lowest BCUT2D eigenvalue weighted by Gasteiger charge is -2.04. The Kier molecular flexibility index (Phi) is 21.3. The van der Waals surface area contributed by atoms with Crippen molar-refractivity contribution in [3.63, 3.8) is 0 Å². The van der Waals surface area contributed by atoms with Crippen LogP contribution in [0.2, 0.25) is 0 Å². The lowest BCUT2D eigenvalue weighted by atomic mass is 10.0. The minimum atomic E-state index is 1.01. The van der Waals surface area contributed by atoms with Crippen molar-refractivity contribution in [2.75, 3.05) is 14.2 Å². The second-order valence-corrected chi connectivity index (χ2v) is 29.2. The maximum atomic E-state index is 5.75. The van der Waals surface area contributed by atoms with Crippen molar-refractivity contribution in [1.82, 2.24) is 0 Å². The average Bonchev–Trinajstić information content (AvgIpc) is 4.27. The highest BCUT2D eigenvalue weighted by atomic mass is 79.9. The van der Waals surface area contributed by atoms with Crippen molar-refractivity contribution in [3.05, 3.63) is 118 Å². The quantitative estimate of drug-likeness (QED) is 0.0418. The van der Waals surface area contributed by atoms with Crippen LogP contribution in [0.5, 0.6) is 10.1 Å². The Balaban J connectivity index is 0.989. The minimum Gasteiger partial charge on any atom is -0.487 e. The Morgan fingerprint density at radius 3 is 0.907 bits per heavy atom. The number of rotatable bonds is 30. The van der Waals surface area contributed by atoms with Crippen molar-refractivity contribution in [3.8, 4) is 89.5 Å². The van der Waals surface area contributed by atoms with Crippen LogP contribution < -0.4 is 9.47 Å². The van der Waals surface area contributed by atoms with E-state index < -0.39 is 0 Å². The summed E-state index contributed by atoms with van der Waals surface area (Å²) in [5.74, 6) is 0. The molecule has 0 unspecified atom stereocenters. The lowest BCUT2D eigenvalue weighted by molar-refractivity contribution is 0.426. The van der Waals surface area contributed by atoms with Gasteiger partial charge in [0.05, 0.1) is 24.0 Å². The van der Waals surface area contributed by atoms with E-state index >= 15 is 0 Å². The molecule has 396 valence electrons. The molecule has 0 fully saturated rings. The van der Waals surface area contributed by atoms with Gasteiger partial charge in [-0.25, -0.2) is 0 Å². The molecule has 8 aromatic heterocycles. The van der Waals surface area contributed by atoms with Gasteiger partial charge in [-0.15, -0.1) is 68.0 Å². The van der Waals surface area contributed by atoms with Crippen LogP contribution in [0, 0.1) is 0 Å². The first-order valence-electron chi connectivity index (χ1n) is 27.6. The van der Waals surface area contributed by atoms with Gasteiger partial charge in [-0.2, -0.15) is 0 Å². The molecule has 0 radical (unpaired) electrons. The number of benzene rings is 1. The SMILES string of the molecule is CCCCCCc1cc(OC)sc1-c1ccc(-c2ccc(-c3sc(-c4cc(Br)cc(-c5cc(CCCCCC)c(-c6ccc(-c7ccc(-c8sc(OC)cc8CCCCCC)s7)s6)s5)c4)cc3CCCCCC)s2)s1. The van der Waals surface area contributed by atoms with Gasteiger partial charge in [0.2, 0.25) is 0 Å². The van der Waals surface area contributed by atoms with Crippen molar-refractivity contribution < 1.29 is 9.47 Å². The van der Waals surface area contributed by atoms with Crippen LogP contribution in [-0.2, 0) is 25.7 Å². The zero-order valence-corrected chi connectivity index (χ0v) is 52.9. The lowest BCUT2D eigenvalue weighted by Crippen LogP contribution is -1.85. The summed E-state index contributed by atoms with van der Waals surface area (Å²) in [6.45, 7) is 9.19. The van der Waals surface area contributed by atoms with E-state index in [9.17, 15) is 0 Å². The van der Waals surface area contributed by atoms with E-state index in [0.717, 1.165) is 40.3 Å². The molecule has 0 amide bonds. The van der Waals surface area contributed by atoms with E-state index in [2.05, 4.69) is 135 Å². The van der Waals surface area contributed by atoms with E-state index in [4.69, 9.17) is 9.47 Å². The van der Waals surface area contributed by atoms with E-state index in [0.29, 0.717) is 0 Å². The molecule has 2 nitrogen and oxygen atoms in total. The smallest absolute Gasteiger partial charge is 0.174 e. The number of aryl methyl sites for hydroxylation is 4. The fourth-order valence-electron chi connectivity index (χ4n) is 9.94. The van der Waals surface area contributed by atoms with Crippen LogP contribution in [0.25, 0.3) is 79.4 Å². The first-order valence-corrected chi connectivity index (χ1v) is 34.9. The third kappa shape index (κ3) is 14.4. The Labute approximate surface area is 489 Å². The second-order valence-electron chi connectivity index (χ2n) is 19.8. The van der Waals surface area contributed by atoms with Gasteiger partial charge < -0.3 is 9.47 Å². The van der Waals surface area contributed by atoms with E-state index in [1.54, 1.807) is 36.9 Å². The normalized spacial score (nSPS) is 11.7. The summed E-state index contributed by atoms with van der Waals surface area (Å²) >= 11 is 19.4. The van der Waals surface area contributed by atoms with Crippen LogP contribution in [0.1, 0.15) is 153 Å². The van der Waals surface area contributed by atoms with Crippen LogP contribution in [0.3, 0.4) is 0 Å². The molecule has 0 aliphatic rings. The van der Waals surface area contributed by atoms with Gasteiger partial charge in [-0.3, -0.25) is 0 Å². The number of ether oxygens (including phenoxy) is 2. The fourth-order valence-corrected chi connectivity index (χ4v) is 19.7. The molecule has 75 heavy (non-hydrogen) atoms. The van der Waals surface area contributed by atoms with Gasteiger partial charge in [0.1, 0.15) is 0 Å². The summed E-state index contributed by atoms with van der Waals surface area (Å²) in [4.78, 5) is 19.2. The molecule has 8 heterocycles. The van der Waals surface area contributed by atoms with Crippen molar-refractivity contribution in [2.24, 2.45) is 0 Å². The molecular weight excluding hydrogens is 1140 g/mol. The molecule has 11 heteroatoms. The zero-order valence-electron chi connectivity index (χ0n) is 44.8. The highest BCUT2D eigenvalue weighted by Crippen LogP contribution is 2.51. The van der Waals surface area contributed by atoms with Gasteiger partial charge in [0.15, 0.2) is 10.1 Å². The van der Waals surface area contributed by atoms with Gasteiger partial charge in [-0.1, -0.05) is 143 Å². The zero-order chi connectivity index (χ0) is 52.1. The summed E-state index contributed by atoms with van der Waals surface area (Å²) in [7, 11) is 3.60. The summed E-state index contributed by atoms with van der Waals surface area (Å²) < 4.78 is 12.6. The standard InChI is InChI=1S/C64H73BrO2S8/c1-7-11-15-19-23-42-38-57(72-61(42)53-31-27-49(68-53)51-29-33-55(70-51)63-44(25-21-17-13-9-3)40-59(66-5)74-63)46-35-47(37-48(65)36-46)58-39-43(24-20-16-12-8-2)62(73-58)54-32-28-50(69-54)52-30-34-56(71-52)64-45(26-22-18-14-10-4)41-60(67-6)75-64/h27-41H,7-26H2,1-6H3. The number of halogens is 1. The first kappa shape index (κ1) is 56.6. The topological polar surface area (TPSA) is 18.5 Å². The second kappa shape index (κ2) is 28.2. The maximum absolute atomic E-state index is 5.75. The summed E-state index contributed by atoms with van der Waals surface area (Å²) in [6, 6.07) is 35.6. The first-order chi connectivity index (χ1) is 36.8. The predicted molar refractivity (Wildman–Crippen MR) is 345 cm³/mol. The van der Waals surface area contributed by atoms with Crippen LogP contribution >= 0.6 is 107 Å². The van der Waals surface area contributed by atoms with Crippen LogP contribution in [0.15, 0.2) is 95.5 Å². The van der Waals surface area contributed by atoms with Crippen LogP contribution in [0.4, 0.5) is 0 Å². The average molecular weight is 1210 g/mol. The van der Waals surface area contributed by atoms with Gasteiger partial charge in [0, 0.05) is 63.0 Å². The molecule has 9 rings (SSSR count). The molecule has 0 atom stereocenters. The third-order valence-electron chi connectivity index (χ3n) is 14.1. The van der Waals surface area contributed by atoms with Gasteiger partial charge in [0.25, 0.3) is 0 Å². The molecule has 0 bridgehead atoms. The molecule has 0 saturated heterocycles. The molecule has 9 aromatic rings. The molecular formula is C64H73BrO2S8. The van der Waals surface area contributed by atoms with Crippen molar-refractivity contribution >= 4 is 107 Å². The molecule has 0 spiro atoms. The Bertz CT molecular complexity index is 2980. The van der Waals surface area contributed by atoms with E-state index in [-0.39, 0.29) is 0 Å². The van der Waals surface area contributed by atoms with E-state index in [1.165, 1.54) is 204 Å². The summed E-state index contributed by atoms with van der Waals surface area (Å²) in [6.07, 6.45) is 24.7. The molecule has 0 saturated carbocycles. The number of hydrogen-bond donors (Lipinski definition) is 0. The summed E-state index contributed by atoms with van der Waals surface area (Å²) in [5.41, 5.74) is 8.43. The Morgan fingerprint density at radius 2 is 0.600 bits per heavy atom. The Morgan fingerprint density at radius 1 is 0.307 bits per heavy atom. The number of unbranched alkanes of at least 4 members (excludes halogenated alkanes) is 12. The monoisotopic (exact) mass is 1210 g/mol. The minimum absolute atomic E-state index is 1.01. The molecule has 0 aliphatic carbocycles. The fraction of sp³-hybridized carbons (Fsp3) is 0.406.